The van der Waals surface area contributed by atoms with Gasteiger partial charge in [0.05, 0.1) is 20.3 Å². The van der Waals surface area contributed by atoms with Gasteiger partial charge in [0.15, 0.2) is 5.82 Å². The molecule has 0 aliphatic rings. The highest BCUT2D eigenvalue weighted by atomic mass is 16.5. The molecule has 0 bridgehead atoms. The van der Waals surface area contributed by atoms with Gasteiger partial charge in [0, 0.05) is 31.4 Å². The Morgan fingerprint density at radius 1 is 1.15 bits per heavy atom. The van der Waals surface area contributed by atoms with Crippen LogP contribution in [0.25, 0.3) is 0 Å². The van der Waals surface area contributed by atoms with E-state index in [1.165, 1.54) is 18.4 Å². The Kier molecular flexibility index (Phi) is 11.4. The second-order valence-electron chi connectivity index (χ2n) is 7.91. The number of benzene rings is 1. The Bertz CT molecular complexity index is 889. The first-order valence-corrected chi connectivity index (χ1v) is 11.7. The van der Waals surface area contributed by atoms with Crippen molar-refractivity contribution in [3.05, 3.63) is 35.0 Å². The van der Waals surface area contributed by atoms with Crippen LogP contribution in [0.1, 0.15) is 56.4 Å². The van der Waals surface area contributed by atoms with E-state index < -0.39 is 0 Å². The summed E-state index contributed by atoms with van der Waals surface area (Å²) in [5.41, 5.74) is 15.3. The van der Waals surface area contributed by atoms with Crippen molar-refractivity contribution in [3.63, 3.8) is 0 Å². The predicted octanol–water partition coefficient (Wildman–Crippen LogP) is 2.76. The van der Waals surface area contributed by atoms with Crippen LogP contribution < -0.4 is 26.4 Å². The molecule has 0 radical (unpaired) electrons. The molecular formula is C24H39N7O2. The van der Waals surface area contributed by atoms with E-state index in [0.717, 1.165) is 43.8 Å². The average molecular weight is 458 g/mol. The summed E-state index contributed by atoms with van der Waals surface area (Å²) in [6.07, 6.45) is 5.93. The molecule has 1 aromatic carbocycles. The van der Waals surface area contributed by atoms with Crippen molar-refractivity contribution in [2.24, 2.45) is 4.99 Å². The molecule has 182 valence electrons. The number of nitrogens with two attached hydrogens (primary N) is 2. The zero-order valence-electron chi connectivity index (χ0n) is 20.2. The van der Waals surface area contributed by atoms with Crippen molar-refractivity contribution in [3.8, 4) is 5.75 Å². The van der Waals surface area contributed by atoms with E-state index in [4.69, 9.17) is 16.2 Å². The summed E-state index contributed by atoms with van der Waals surface area (Å²) < 4.78 is 5.57. The fraction of sp³-hybridized carbons (Fsp3) is 0.542. The number of ether oxygens (including phenoxy) is 1. The first-order valence-electron chi connectivity index (χ1n) is 11.7. The molecule has 0 saturated heterocycles. The maximum atomic E-state index is 9.44. The number of nitrogens with one attached hydrogen (secondary N) is 1. The molecule has 0 aliphatic carbocycles. The molecule has 0 aliphatic heterocycles. The second-order valence-corrected chi connectivity index (χ2v) is 7.91. The summed E-state index contributed by atoms with van der Waals surface area (Å²) in [6.45, 7) is 7.67. The van der Waals surface area contributed by atoms with Crippen molar-refractivity contribution in [2.75, 3.05) is 49.7 Å². The highest BCUT2D eigenvalue weighted by molar-refractivity contribution is 5.89. The lowest BCUT2D eigenvalue weighted by molar-refractivity contribution is 0.301. The Hall–Kier alpha value is -2.91. The number of methoxy groups -OCH3 is 1. The highest BCUT2D eigenvalue weighted by Crippen LogP contribution is 2.25. The second kappa shape index (κ2) is 14.3. The number of aliphatic hydroxyl groups excluding tert-OH is 1. The molecule has 0 amide bonds. The molecule has 9 nitrogen and oxygen atoms in total. The van der Waals surface area contributed by atoms with E-state index in [1.807, 2.05) is 17.0 Å². The number of anilines is 3. The van der Waals surface area contributed by atoms with E-state index in [9.17, 15) is 5.11 Å². The molecule has 6 N–H and O–H groups in total. The normalized spacial score (nSPS) is 11.3. The molecule has 2 aromatic rings. The molecule has 1 aromatic heterocycles. The number of hydrogen-bond donors (Lipinski definition) is 4. The molecule has 0 fully saturated rings. The summed E-state index contributed by atoms with van der Waals surface area (Å²) in [5, 5.41) is 12.9. The molecular weight excluding hydrogens is 418 g/mol. The zero-order chi connectivity index (χ0) is 24.1. The third-order valence-corrected chi connectivity index (χ3v) is 5.29. The number of nitrogen functional groups attached to an aromatic ring is 2. The van der Waals surface area contributed by atoms with Gasteiger partial charge in [0.25, 0.3) is 0 Å². The molecule has 0 atom stereocenters. The van der Waals surface area contributed by atoms with Crippen LogP contribution in [0, 0.1) is 0 Å². The van der Waals surface area contributed by atoms with E-state index in [1.54, 1.807) is 13.3 Å². The Morgan fingerprint density at radius 3 is 2.64 bits per heavy atom. The summed E-state index contributed by atoms with van der Waals surface area (Å²) >= 11 is 0. The highest BCUT2D eigenvalue weighted by Gasteiger charge is 2.16. The number of aliphatic hydroxyl groups is 1. The SMILES string of the molecule is CCCCNCc1ccc(CN=Cc2nc(N)nc(N(CCO)CCCC)c2N)c(OC)c1. The monoisotopic (exact) mass is 457 g/mol. The Labute approximate surface area is 197 Å². The van der Waals surface area contributed by atoms with Crippen LogP contribution in [0.3, 0.4) is 0 Å². The van der Waals surface area contributed by atoms with Crippen molar-refractivity contribution < 1.29 is 9.84 Å². The summed E-state index contributed by atoms with van der Waals surface area (Å²) in [6, 6.07) is 6.16. The largest absolute Gasteiger partial charge is 0.496 e. The predicted molar refractivity (Wildman–Crippen MR) is 136 cm³/mol. The summed E-state index contributed by atoms with van der Waals surface area (Å²) in [7, 11) is 1.66. The van der Waals surface area contributed by atoms with Crippen molar-refractivity contribution in [2.45, 2.75) is 52.6 Å². The summed E-state index contributed by atoms with van der Waals surface area (Å²) in [5.74, 6) is 1.45. The maximum Gasteiger partial charge on any atom is 0.222 e. The minimum atomic E-state index is 0.000395. The molecule has 1 heterocycles. The van der Waals surface area contributed by atoms with Gasteiger partial charge in [0.2, 0.25) is 5.95 Å². The van der Waals surface area contributed by atoms with Crippen LogP contribution in [-0.4, -0.2) is 54.6 Å². The maximum absolute atomic E-state index is 9.44. The number of rotatable bonds is 15. The number of aliphatic imine (C=N–C) groups is 1. The van der Waals surface area contributed by atoms with Gasteiger partial charge in [-0.1, -0.05) is 38.8 Å². The Balaban J connectivity index is 2.15. The third kappa shape index (κ3) is 8.18. The lowest BCUT2D eigenvalue weighted by Crippen LogP contribution is -2.30. The van der Waals surface area contributed by atoms with Crippen molar-refractivity contribution in [1.29, 1.82) is 0 Å². The number of hydrogen-bond acceptors (Lipinski definition) is 9. The number of nitrogens with zero attached hydrogens (tertiary/aromatic N) is 4. The molecule has 0 spiro atoms. The van der Waals surface area contributed by atoms with Crippen LogP contribution in [0.4, 0.5) is 17.5 Å². The fourth-order valence-electron chi connectivity index (χ4n) is 3.42. The van der Waals surface area contributed by atoms with E-state index in [2.05, 4.69) is 40.2 Å². The summed E-state index contributed by atoms with van der Waals surface area (Å²) in [4.78, 5) is 15.0. The quantitative estimate of drug-likeness (QED) is 0.237. The lowest BCUT2D eigenvalue weighted by Gasteiger charge is -2.24. The lowest BCUT2D eigenvalue weighted by atomic mass is 10.1. The Morgan fingerprint density at radius 2 is 1.94 bits per heavy atom. The topological polar surface area (TPSA) is 135 Å². The van der Waals surface area contributed by atoms with Gasteiger partial charge in [-0.25, -0.2) is 4.98 Å². The van der Waals surface area contributed by atoms with E-state index >= 15 is 0 Å². The van der Waals surface area contributed by atoms with Gasteiger partial charge >= 0.3 is 0 Å². The minimum absolute atomic E-state index is 0.000395. The number of unbranched alkanes of at least 4 members (excludes halogenated alkanes) is 2. The average Bonchev–Trinajstić information content (AvgIpc) is 2.82. The van der Waals surface area contributed by atoms with Gasteiger partial charge in [-0.15, -0.1) is 0 Å². The molecule has 33 heavy (non-hydrogen) atoms. The van der Waals surface area contributed by atoms with Gasteiger partial charge in [0.1, 0.15) is 17.1 Å². The number of aromatic nitrogens is 2. The fourth-order valence-corrected chi connectivity index (χ4v) is 3.42. The van der Waals surface area contributed by atoms with E-state index in [-0.39, 0.29) is 12.6 Å². The van der Waals surface area contributed by atoms with Crippen molar-refractivity contribution >= 4 is 23.7 Å². The smallest absolute Gasteiger partial charge is 0.222 e. The zero-order valence-corrected chi connectivity index (χ0v) is 20.2. The molecule has 0 unspecified atom stereocenters. The van der Waals surface area contributed by atoms with Gasteiger partial charge in [-0.2, -0.15) is 4.98 Å². The molecule has 9 heteroatoms. The van der Waals surface area contributed by atoms with Crippen LogP contribution in [0.2, 0.25) is 0 Å². The third-order valence-electron chi connectivity index (χ3n) is 5.29. The van der Waals surface area contributed by atoms with Crippen molar-refractivity contribution in [1.82, 2.24) is 15.3 Å². The first-order chi connectivity index (χ1) is 16.0. The molecule has 0 saturated carbocycles. The van der Waals surface area contributed by atoms with Crippen LogP contribution >= 0.6 is 0 Å². The molecule has 2 rings (SSSR count). The van der Waals surface area contributed by atoms with Crippen LogP contribution in [-0.2, 0) is 13.1 Å². The van der Waals surface area contributed by atoms with Gasteiger partial charge in [-0.05, 0) is 31.0 Å². The van der Waals surface area contributed by atoms with Gasteiger partial charge in [-0.3, -0.25) is 4.99 Å². The first kappa shape index (κ1) is 26.3. The van der Waals surface area contributed by atoms with Gasteiger partial charge < -0.3 is 31.5 Å². The standard InChI is InChI=1S/C24H39N7O2/c1-4-6-10-27-15-18-8-9-19(21(14-18)33-3)16-28-17-20-22(25)23(30-24(26)29-20)31(12-13-32)11-7-5-2/h8-9,14,17,27,32H,4-7,10-13,15-16,25H2,1-3H3,(H2,26,29,30). The van der Waals surface area contributed by atoms with E-state index in [0.29, 0.717) is 30.3 Å². The minimum Gasteiger partial charge on any atom is -0.496 e. The van der Waals surface area contributed by atoms with Crippen LogP contribution in [0.5, 0.6) is 5.75 Å². The van der Waals surface area contributed by atoms with Crippen LogP contribution in [0.15, 0.2) is 23.2 Å².